The maximum atomic E-state index is 12.3. The van der Waals surface area contributed by atoms with Crippen molar-refractivity contribution in [2.75, 3.05) is 32.7 Å². The molecule has 1 aliphatic carbocycles. The van der Waals surface area contributed by atoms with Crippen molar-refractivity contribution in [3.63, 3.8) is 0 Å². The Morgan fingerprint density at radius 2 is 1.80 bits per heavy atom. The van der Waals surface area contributed by atoms with E-state index in [1.165, 1.54) is 12.8 Å². The van der Waals surface area contributed by atoms with Crippen LogP contribution in [-0.4, -0.2) is 58.2 Å². The van der Waals surface area contributed by atoms with Crippen molar-refractivity contribution in [1.82, 2.24) is 19.6 Å². The molecule has 6 nitrogen and oxygen atoms in total. The Bertz CT molecular complexity index is 693. The second kappa shape index (κ2) is 7.28. The molecule has 136 valence electrons. The van der Waals surface area contributed by atoms with Crippen LogP contribution in [0.25, 0.3) is 0 Å². The molecule has 4 rings (SSSR count). The lowest BCUT2D eigenvalue weighted by molar-refractivity contribution is -0.133. The molecule has 3 aliphatic rings. The highest BCUT2D eigenvalue weighted by atomic mass is 16.2. The van der Waals surface area contributed by atoms with Crippen LogP contribution >= 0.6 is 0 Å². The van der Waals surface area contributed by atoms with Gasteiger partial charge in [0.1, 0.15) is 0 Å². The van der Waals surface area contributed by atoms with Crippen LogP contribution in [0.3, 0.4) is 0 Å². The van der Waals surface area contributed by atoms with Crippen molar-refractivity contribution in [2.24, 2.45) is 5.92 Å². The number of likely N-dealkylation sites (tertiary alicyclic amines) is 2. The Morgan fingerprint density at radius 3 is 2.64 bits per heavy atom. The molecule has 2 fully saturated rings. The highest BCUT2D eigenvalue weighted by Crippen LogP contribution is 2.20. The van der Waals surface area contributed by atoms with Crippen LogP contribution in [0.15, 0.2) is 10.9 Å². The number of carbonyl (C=O) groups excluding carboxylic acids is 1. The lowest BCUT2D eigenvalue weighted by Gasteiger charge is -2.40. The van der Waals surface area contributed by atoms with E-state index in [9.17, 15) is 9.59 Å². The van der Waals surface area contributed by atoms with Crippen LogP contribution in [0, 0.1) is 5.92 Å². The number of aromatic nitrogens is 2. The average Bonchev–Trinajstić information content (AvgIpc) is 2.58. The van der Waals surface area contributed by atoms with Crippen LogP contribution < -0.4 is 5.56 Å². The van der Waals surface area contributed by atoms with Gasteiger partial charge in [-0.3, -0.25) is 9.59 Å². The van der Waals surface area contributed by atoms with Crippen LogP contribution in [0.4, 0.5) is 0 Å². The molecule has 0 aromatic carbocycles. The van der Waals surface area contributed by atoms with Gasteiger partial charge >= 0.3 is 0 Å². The summed E-state index contributed by atoms with van der Waals surface area (Å²) in [6.07, 6.45) is 7.28. The third kappa shape index (κ3) is 3.78. The predicted octanol–water partition coefficient (Wildman–Crippen LogP) is 1.07. The number of piperidine rings is 1. The van der Waals surface area contributed by atoms with Crippen molar-refractivity contribution >= 4 is 5.91 Å². The minimum absolute atomic E-state index is 0.0537. The predicted molar refractivity (Wildman–Crippen MR) is 95.5 cm³/mol. The van der Waals surface area contributed by atoms with Crippen molar-refractivity contribution in [3.05, 3.63) is 27.7 Å². The number of aryl methyl sites for hydroxylation is 2. The highest BCUT2D eigenvalue weighted by Gasteiger charge is 2.28. The lowest BCUT2D eigenvalue weighted by Crippen LogP contribution is -2.52. The van der Waals surface area contributed by atoms with Gasteiger partial charge < -0.3 is 9.80 Å². The third-order valence-electron chi connectivity index (χ3n) is 5.85. The van der Waals surface area contributed by atoms with E-state index < -0.39 is 0 Å². The van der Waals surface area contributed by atoms with Gasteiger partial charge in [0.25, 0.3) is 5.56 Å². The van der Waals surface area contributed by atoms with Crippen LogP contribution in [-0.2, 0) is 24.2 Å². The van der Waals surface area contributed by atoms with E-state index in [2.05, 4.69) is 10.00 Å². The molecular weight excluding hydrogens is 316 g/mol. The fourth-order valence-electron chi connectivity index (χ4n) is 4.31. The minimum Gasteiger partial charge on any atom is -0.341 e. The van der Waals surface area contributed by atoms with E-state index in [0.29, 0.717) is 11.8 Å². The van der Waals surface area contributed by atoms with Crippen LogP contribution in [0.2, 0.25) is 0 Å². The van der Waals surface area contributed by atoms with Crippen molar-refractivity contribution in [2.45, 2.75) is 51.5 Å². The van der Waals surface area contributed by atoms with E-state index in [1.54, 1.807) is 10.7 Å². The molecule has 2 saturated heterocycles. The lowest BCUT2D eigenvalue weighted by atomic mass is 9.96. The summed E-state index contributed by atoms with van der Waals surface area (Å²) < 4.78 is 1.68. The zero-order valence-electron chi connectivity index (χ0n) is 15.0. The molecule has 0 unspecified atom stereocenters. The molecule has 1 aromatic rings. The van der Waals surface area contributed by atoms with Gasteiger partial charge in [0, 0.05) is 51.1 Å². The Hall–Kier alpha value is -1.69. The molecule has 1 amide bonds. The number of fused-ring (bicyclic) bond motifs is 1. The quantitative estimate of drug-likeness (QED) is 0.802. The molecule has 1 aromatic heterocycles. The molecule has 0 bridgehead atoms. The van der Waals surface area contributed by atoms with Crippen molar-refractivity contribution in [3.8, 4) is 0 Å². The summed E-state index contributed by atoms with van der Waals surface area (Å²) >= 11 is 0. The number of hydrogen-bond donors (Lipinski definition) is 0. The van der Waals surface area contributed by atoms with Gasteiger partial charge in [0.05, 0.1) is 12.2 Å². The van der Waals surface area contributed by atoms with Gasteiger partial charge in [0.2, 0.25) is 5.91 Å². The monoisotopic (exact) mass is 344 g/mol. The summed E-state index contributed by atoms with van der Waals surface area (Å²) in [7, 11) is 0. The average molecular weight is 344 g/mol. The van der Waals surface area contributed by atoms with Gasteiger partial charge in [0.15, 0.2) is 0 Å². The molecule has 25 heavy (non-hydrogen) atoms. The summed E-state index contributed by atoms with van der Waals surface area (Å²) in [4.78, 5) is 28.5. The van der Waals surface area contributed by atoms with Gasteiger partial charge in [-0.1, -0.05) is 0 Å². The molecule has 0 radical (unpaired) electrons. The number of hydrogen-bond acceptors (Lipinski definition) is 4. The summed E-state index contributed by atoms with van der Waals surface area (Å²) in [6.45, 7) is 5.47. The number of rotatable bonds is 5. The first-order valence-corrected chi connectivity index (χ1v) is 9.79. The maximum Gasteiger partial charge on any atom is 0.267 e. The van der Waals surface area contributed by atoms with Gasteiger partial charge in [-0.2, -0.15) is 5.10 Å². The third-order valence-corrected chi connectivity index (χ3v) is 5.85. The van der Waals surface area contributed by atoms with Gasteiger partial charge in [-0.25, -0.2) is 4.68 Å². The number of nitrogens with zero attached hydrogens (tertiary/aromatic N) is 4. The van der Waals surface area contributed by atoms with Gasteiger partial charge in [-0.15, -0.1) is 0 Å². The minimum atomic E-state index is 0.0537. The standard InChI is InChI=1S/C19H28N4O2/c24-18-7-3-4-8-22(18)10-9-21-12-15(13-21)14-23-19(25)11-16-5-1-2-6-17(16)20-23/h11,15H,1-10,12-14H2. The second-order valence-electron chi connectivity index (χ2n) is 7.81. The Kier molecular flexibility index (Phi) is 4.88. The smallest absolute Gasteiger partial charge is 0.267 e. The maximum absolute atomic E-state index is 12.3. The fraction of sp³-hybridized carbons (Fsp3) is 0.737. The first-order valence-electron chi connectivity index (χ1n) is 9.79. The summed E-state index contributed by atoms with van der Waals surface area (Å²) in [5, 5.41) is 4.62. The largest absolute Gasteiger partial charge is 0.341 e. The van der Waals surface area contributed by atoms with E-state index in [1.807, 2.05) is 4.90 Å². The van der Waals surface area contributed by atoms with Crippen molar-refractivity contribution < 1.29 is 4.79 Å². The van der Waals surface area contributed by atoms with E-state index in [4.69, 9.17) is 0 Å². The zero-order valence-corrected chi connectivity index (χ0v) is 15.0. The molecule has 0 spiro atoms. The molecule has 3 heterocycles. The highest BCUT2D eigenvalue weighted by molar-refractivity contribution is 5.76. The van der Waals surface area contributed by atoms with Crippen molar-refractivity contribution in [1.29, 1.82) is 0 Å². The van der Waals surface area contributed by atoms with E-state index in [0.717, 1.165) is 82.6 Å². The van der Waals surface area contributed by atoms with Crippen LogP contribution in [0.1, 0.15) is 43.4 Å². The summed E-state index contributed by atoms with van der Waals surface area (Å²) in [5.74, 6) is 0.817. The first kappa shape index (κ1) is 16.8. The number of carbonyl (C=O) groups is 1. The normalized spacial score (nSPS) is 21.9. The first-order chi connectivity index (χ1) is 12.2. The fourth-order valence-corrected chi connectivity index (χ4v) is 4.31. The molecule has 0 N–H and O–H groups in total. The molecule has 0 saturated carbocycles. The Morgan fingerprint density at radius 1 is 1.00 bits per heavy atom. The number of amides is 1. The molecule has 0 atom stereocenters. The SMILES string of the molecule is O=C1CCCCN1CCN1CC(Cn2nc3c(cc2=O)CCCC3)C1. The van der Waals surface area contributed by atoms with E-state index >= 15 is 0 Å². The zero-order chi connectivity index (χ0) is 17.2. The topological polar surface area (TPSA) is 58.4 Å². The Labute approximate surface area is 148 Å². The molecular formula is C19H28N4O2. The second-order valence-corrected chi connectivity index (χ2v) is 7.81. The molecule has 2 aliphatic heterocycles. The van der Waals surface area contributed by atoms with Crippen LogP contribution in [0.5, 0.6) is 0 Å². The summed E-state index contributed by atoms with van der Waals surface area (Å²) in [5.41, 5.74) is 2.34. The summed E-state index contributed by atoms with van der Waals surface area (Å²) in [6, 6.07) is 1.81. The van der Waals surface area contributed by atoms with Gasteiger partial charge in [-0.05, 0) is 44.1 Å². The molecule has 6 heteroatoms. The van der Waals surface area contributed by atoms with E-state index in [-0.39, 0.29) is 5.56 Å². The Balaban J connectivity index is 1.26.